The highest BCUT2D eigenvalue weighted by Crippen LogP contribution is 2.23. The molecule has 1 saturated heterocycles. The van der Waals surface area contributed by atoms with E-state index >= 15 is 0 Å². The SMILES string of the molecule is Fc1cc(Br)cc(F)c1NCCN1CCCC1. The number of hydrogen-bond donors (Lipinski definition) is 1. The van der Waals surface area contributed by atoms with Gasteiger partial charge in [-0.15, -0.1) is 0 Å². The van der Waals surface area contributed by atoms with Gasteiger partial charge in [0.25, 0.3) is 0 Å². The van der Waals surface area contributed by atoms with Crippen molar-refractivity contribution in [2.24, 2.45) is 0 Å². The summed E-state index contributed by atoms with van der Waals surface area (Å²) in [5.41, 5.74) is -0.0348. The fourth-order valence-electron chi connectivity index (χ4n) is 2.06. The molecule has 2 nitrogen and oxygen atoms in total. The molecule has 1 aliphatic heterocycles. The molecule has 5 heteroatoms. The van der Waals surface area contributed by atoms with Crippen molar-refractivity contribution in [2.45, 2.75) is 12.8 Å². The minimum atomic E-state index is -0.557. The van der Waals surface area contributed by atoms with Crippen LogP contribution in [0.15, 0.2) is 16.6 Å². The number of nitrogens with zero attached hydrogens (tertiary/aromatic N) is 1. The zero-order valence-electron chi connectivity index (χ0n) is 9.48. The van der Waals surface area contributed by atoms with E-state index in [2.05, 4.69) is 26.1 Å². The fraction of sp³-hybridized carbons (Fsp3) is 0.500. The second-order valence-electron chi connectivity index (χ2n) is 4.22. The molecule has 17 heavy (non-hydrogen) atoms. The molecule has 0 spiro atoms. The van der Waals surface area contributed by atoms with Crippen molar-refractivity contribution in [3.05, 3.63) is 28.2 Å². The molecule has 0 aliphatic carbocycles. The molecule has 0 saturated carbocycles. The maximum atomic E-state index is 13.5. The molecule has 2 rings (SSSR count). The molecule has 94 valence electrons. The van der Waals surface area contributed by atoms with Gasteiger partial charge in [0.15, 0.2) is 0 Å². The van der Waals surface area contributed by atoms with Crippen LogP contribution in [-0.4, -0.2) is 31.1 Å². The first-order valence-corrected chi connectivity index (χ1v) is 6.57. The standard InChI is InChI=1S/C12H15BrF2N2/c13-9-7-10(14)12(11(15)8-9)16-3-6-17-4-1-2-5-17/h7-8,16H,1-6H2. The van der Waals surface area contributed by atoms with E-state index in [1.54, 1.807) is 0 Å². The molecule has 0 amide bonds. The van der Waals surface area contributed by atoms with Crippen molar-refractivity contribution in [1.82, 2.24) is 4.90 Å². The van der Waals surface area contributed by atoms with E-state index in [4.69, 9.17) is 0 Å². The van der Waals surface area contributed by atoms with Crippen LogP contribution in [0.4, 0.5) is 14.5 Å². The van der Waals surface area contributed by atoms with E-state index in [0.29, 0.717) is 11.0 Å². The Morgan fingerprint density at radius 2 is 1.76 bits per heavy atom. The van der Waals surface area contributed by atoms with Gasteiger partial charge < -0.3 is 10.2 Å². The van der Waals surface area contributed by atoms with Gasteiger partial charge in [-0.1, -0.05) is 15.9 Å². The van der Waals surface area contributed by atoms with Crippen molar-refractivity contribution in [2.75, 3.05) is 31.5 Å². The fourth-order valence-corrected chi connectivity index (χ4v) is 2.46. The molecule has 0 atom stereocenters. The molecule has 1 fully saturated rings. The number of rotatable bonds is 4. The summed E-state index contributed by atoms with van der Waals surface area (Å²) in [4.78, 5) is 2.29. The zero-order valence-corrected chi connectivity index (χ0v) is 11.1. The summed E-state index contributed by atoms with van der Waals surface area (Å²) in [7, 11) is 0. The Hall–Kier alpha value is -0.680. The first-order valence-electron chi connectivity index (χ1n) is 5.77. The summed E-state index contributed by atoms with van der Waals surface area (Å²) in [5.74, 6) is -1.11. The molecule has 1 heterocycles. The van der Waals surface area contributed by atoms with Gasteiger partial charge in [-0.25, -0.2) is 8.78 Å². The van der Waals surface area contributed by atoms with E-state index in [1.807, 2.05) is 0 Å². The highest BCUT2D eigenvalue weighted by atomic mass is 79.9. The van der Waals surface area contributed by atoms with E-state index in [0.717, 1.165) is 19.6 Å². The second-order valence-corrected chi connectivity index (χ2v) is 5.14. The van der Waals surface area contributed by atoms with Crippen LogP contribution in [0.25, 0.3) is 0 Å². The summed E-state index contributed by atoms with van der Waals surface area (Å²) in [6.45, 7) is 3.57. The van der Waals surface area contributed by atoms with Crippen molar-refractivity contribution >= 4 is 21.6 Å². The summed E-state index contributed by atoms with van der Waals surface area (Å²) < 4.78 is 27.3. The molecule has 0 aromatic heterocycles. The van der Waals surface area contributed by atoms with Gasteiger partial charge in [-0.3, -0.25) is 0 Å². The average Bonchev–Trinajstić information content (AvgIpc) is 2.74. The summed E-state index contributed by atoms with van der Waals surface area (Å²) in [5, 5.41) is 2.82. The molecule has 0 radical (unpaired) electrons. The van der Waals surface area contributed by atoms with Crippen molar-refractivity contribution in [3.63, 3.8) is 0 Å². The van der Waals surface area contributed by atoms with Gasteiger partial charge in [0.1, 0.15) is 17.3 Å². The third-order valence-electron chi connectivity index (χ3n) is 2.94. The van der Waals surface area contributed by atoms with Crippen LogP contribution < -0.4 is 5.32 Å². The van der Waals surface area contributed by atoms with Crippen molar-refractivity contribution < 1.29 is 8.78 Å². The smallest absolute Gasteiger partial charge is 0.150 e. The van der Waals surface area contributed by atoms with Gasteiger partial charge >= 0.3 is 0 Å². The van der Waals surface area contributed by atoms with Crippen LogP contribution in [0.3, 0.4) is 0 Å². The largest absolute Gasteiger partial charge is 0.379 e. The topological polar surface area (TPSA) is 15.3 Å². The molecule has 1 aromatic carbocycles. The van der Waals surface area contributed by atoms with E-state index in [9.17, 15) is 8.78 Å². The molecule has 0 unspecified atom stereocenters. The van der Waals surface area contributed by atoms with Crippen LogP contribution in [0.1, 0.15) is 12.8 Å². The molecule has 1 aromatic rings. The lowest BCUT2D eigenvalue weighted by atomic mass is 10.3. The second kappa shape index (κ2) is 5.78. The predicted octanol–water partition coefficient (Wildman–Crippen LogP) is 3.24. The first kappa shape index (κ1) is 12.8. The Labute approximate surface area is 108 Å². The van der Waals surface area contributed by atoms with Crippen LogP contribution >= 0.6 is 15.9 Å². The van der Waals surface area contributed by atoms with Gasteiger partial charge in [-0.2, -0.15) is 0 Å². The summed E-state index contributed by atoms with van der Waals surface area (Å²) in [6.07, 6.45) is 2.45. The molecule has 1 N–H and O–H groups in total. The Bertz CT molecular complexity index is 369. The predicted molar refractivity (Wildman–Crippen MR) is 68.2 cm³/mol. The quantitative estimate of drug-likeness (QED) is 0.919. The van der Waals surface area contributed by atoms with Gasteiger partial charge in [-0.05, 0) is 38.1 Å². The highest BCUT2D eigenvalue weighted by molar-refractivity contribution is 9.10. The lowest BCUT2D eigenvalue weighted by Gasteiger charge is -2.16. The Morgan fingerprint density at radius 1 is 1.18 bits per heavy atom. The third kappa shape index (κ3) is 3.39. The number of hydrogen-bond acceptors (Lipinski definition) is 2. The number of nitrogens with one attached hydrogen (secondary N) is 1. The lowest BCUT2D eigenvalue weighted by Crippen LogP contribution is -2.26. The van der Waals surface area contributed by atoms with Gasteiger partial charge in [0.05, 0.1) is 0 Å². The Balaban J connectivity index is 1.89. The van der Waals surface area contributed by atoms with E-state index < -0.39 is 11.6 Å². The first-order chi connectivity index (χ1) is 8.16. The normalized spacial score (nSPS) is 16.4. The highest BCUT2D eigenvalue weighted by Gasteiger charge is 2.13. The molecule has 1 aliphatic rings. The number of halogens is 3. The molecular formula is C12H15BrF2N2. The Kier molecular flexibility index (Phi) is 4.34. The van der Waals surface area contributed by atoms with Gasteiger partial charge in [0.2, 0.25) is 0 Å². The van der Waals surface area contributed by atoms with Crippen LogP contribution in [0.2, 0.25) is 0 Å². The van der Waals surface area contributed by atoms with Crippen molar-refractivity contribution in [3.8, 4) is 0 Å². The third-order valence-corrected chi connectivity index (χ3v) is 3.39. The van der Waals surface area contributed by atoms with E-state index in [1.165, 1.54) is 25.0 Å². The monoisotopic (exact) mass is 304 g/mol. The number of anilines is 1. The Morgan fingerprint density at radius 3 is 2.35 bits per heavy atom. The van der Waals surface area contributed by atoms with Gasteiger partial charge in [0, 0.05) is 17.6 Å². The lowest BCUT2D eigenvalue weighted by molar-refractivity contribution is 0.352. The maximum Gasteiger partial charge on any atom is 0.150 e. The van der Waals surface area contributed by atoms with Crippen LogP contribution in [0.5, 0.6) is 0 Å². The van der Waals surface area contributed by atoms with Crippen molar-refractivity contribution in [1.29, 1.82) is 0 Å². The average molecular weight is 305 g/mol. The minimum absolute atomic E-state index is 0.0348. The van der Waals surface area contributed by atoms with Crippen LogP contribution in [-0.2, 0) is 0 Å². The maximum absolute atomic E-state index is 13.5. The molecule has 0 bridgehead atoms. The van der Waals surface area contributed by atoms with Crippen LogP contribution in [0, 0.1) is 11.6 Å². The summed E-state index contributed by atoms with van der Waals surface area (Å²) >= 11 is 3.05. The zero-order chi connectivity index (χ0) is 12.3. The van der Waals surface area contributed by atoms with E-state index in [-0.39, 0.29) is 5.69 Å². The minimum Gasteiger partial charge on any atom is -0.379 e. The summed E-state index contributed by atoms with van der Waals surface area (Å²) in [6, 6.07) is 2.53. The number of benzene rings is 1. The molecular weight excluding hydrogens is 290 g/mol. The number of likely N-dealkylation sites (tertiary alicyclic amines) is 1.